The highest BCUT2D eigenvalue weighted by Gasteiger charge is 2.17. The number of likely N-dealkylation sites (tertiary alicyclic amines) is 1. The molecule has 1 aliphatic rings. The Kier molecular flexibility index (Phi) is 6.86. The lowest BCUT2D eigenvalue weighted by molar-refractivity contribution is -0.131. The van der Waals surface area contributed by atoms with Gasteiger partial charge in [0.05, 0.1) is 19.8 Å². The second-order valence-electron chi connectivity index (χ2n) is 6.22. The van der Waals surface area contributed by atoms with E-state index < -0.39 is 0 Å². The van der Waals surface area contributed by atoms with Crippen molar-refractivity contribution in [1.29, 1.82) is 0 Å². The number of hydrogen-bond acceptors (Lipinski definition) is 4. The molecule has 0 spiro atoms. The number of benzene rings is 1. The van der Waals surface area contributed by atoms with Gasteiger partial charge in [0.25, 0.3) is 0 Å². The molecule has 6 heteroatoms. The van der Waals surface area contributed by atoms with Gasteiger partial charge in [0.2, 0.25) is 11.8 Å². The molecular formula is C19H26N2O4. The third-order valence-corrected chi connectivity index (χ3v) is 3.85. The molecule has 2 rings (SSSR count). The summed E-state index contributed by atoms with van der Waals surface area (Å²) in [7, 11) is 1.58. The van der Waals surface area contributed by atoms with Gasteiger partial charge in [-0.05, 0) is 50.5 Å². The summed E-state index contributed by atoms with van der Waals surface area (Å²) in [6.07, 6.45) is 5.22. The molecule has 136 valence electrons. The lowest BCUT2D eigenvalue weighted by atomic mass is 10.2. The van der Waals surface area contributed by atoms with Crippen LogP contribution in [0.4, 0.5) is 0 Å². The van der Waals surface area contributed by atoms with Crippen LogP contribution < -0.4 is 14.8 Å². The van der Waals surface area contributed by atoms with Crippen molar-refractivity contribution in [1.82, 2.24) is 10.2 Å². The first-order valence-electron chi connectivity index (χ1n) is 8.58. The summed E-state index contributed by atoms with van der Waals surface area (Å²) in [5, 5.41) is 2.62. The molecule has 0 saturated carbocycles. The van der Waals surface area contributed by atoms with Gasteiger partial charge in [-0.1, -0.05) is 6.07 Å². The van der Waals surface area contributed by atoms with Crippen molar-refractivity contribution in [2.75, 3.05) is 26.7 Å². The smallest absolute Gasteiger partial charge is 0.244 e. The first-order chi connectivity index (χ1) is 12.0. The van der Waals surface area contributed by atoms with E-state index >= 15 is 0 Å². The molecule has 0 atom stereocenters. The number of ether oxygens (including phenoxy) is 2. The average molecular weight is 346 g/mol. The van der Waals surface area contributed by atoms with Gasteiger partial charge in [0.1, 0.15) is 0 Å². The molecule has 0 unspecified atom stereocenters. The van der Waals surface area contributed by atoms with Crippen LogP contribution in [-0.2, 0) is 9.59 Å². The van der Waals surface area contributed by atoms with Gasteiger partial charge >= 0.3 is 0 Å². The number of methoxy groups -OCH3 is 1. The summed E-state index contributed by atoms with van der Waals surface area (Å²) in [5.41, 5.74) is 0.814. The van der Waals surface area contributed by atoms with Crippen LogP contribution in [0.2, 0.25) is 0 Å². The molecule has 25 heavy (non-hydrogen) atoms. The minimum absolute atomic E-state index is 0.0314. The highest BCUT2D eigenvalue weighted by molar-refractivity contribution is 5.94. The zero-order chi connectivity index (χ0) is 18.2. The number of hydrogen-bond donors (Lipinski definition) is 1. The maximum absolute atomic E-state index is 11.9. The van der Waals surface area contributed by atoms with Crippen LogP contribution in [0.15, 0.2) is 24.3 Å². The molecular weight excluding hydrogens is 320 g/mol. The van der Waals surface area contributed by atoms with Crippen LogP contribution >= 0.6 is 0 Å². The Morgan fingerprint density at radius 3 is 2.60 bits per heavy atom. The zero-order valence-corrected chi connectivity index (χ0v) is 15.1. The van der Waals surface area contributed by atoms with Crippen LogP contribution in [0.5, 0.6) is 11.5 Å². The predicted octanol–water partition coefficient (Wildman–Crippen LogP) is 2.23. The van der Waals surface area contributed by atoms with Crippen molar-refractivity contribution >= 4 is 17.9 Å². The Hall–Kier alpha value is -2.50. The Balaban J connectivity index is 1.89. The molecule has 0 aliphatic carbocycles. The van der Waals surface area contributed by atoms with Crippen molar-refractivity contribution < 1.29 is 19.1 Å². The van der Waals surface area contributed by atoms with E-state index in [1.165, 1.54) is 6.08 Å². The summed E-state index contributed by atoms with van der Waals surface area (Å²) < 4.78 is 11.0. The molecule has 0 bridgehead atoms. The fraction of sp³-hybridized carbons (Fsp3) is 0.474. The molecule has 1 fully saturated rings. The maximum Gasteiger partial charge on any atom is 0.244 e. The van der Waals surface area contributed by atoms with E-state index in [1.807, 2.05) is 26.0 Å². The van der Waals surface area contributed by atoms with Crippen molar-refractivity contribution in [2.24, 2.45) is 0 Å². The van der Waals surface area contributed by atoms with E-state index in [1.54, 1.807) is 24.2 Å². The second kappa shape index (κ2) is 9.11. The molecule has 1 saturated heterocycles. The molecule has 1 aromatic carbocycles. The molecule has 6 nitrogen and oxygen atoms in total. The van der Waals surface area contributed by atoms with Gasteiger partial charge in [-0.15, -0.1) is 0 Å². The minimum Gasteiger partial charge on any atom is -0.493 e. The van der Waals surface area contributed by atoms with Gasteiger partial charge in [-0.3, -0.25) is 9.59 Å². The largest absolute Gasteiger partial charge is 0.493 e. The summed E-state index contributed by atoms with van der Waals surface area (Å²) in [4.78, 5) is 25.5. The van der Waals surface area contributed by atoms with Crippen molar-refractivity contribution in [3.05, 3.63) is 29.8 Å². The van der Waals surface area contributed by atoms with Crippen LogP contribution in [0, 0.1) is 0 Å². The first kappa shape index (κ1) is 18.8. The molecule has 1 aromatic rings. The Morgan fingerprint density at radius 1 is 1.24 bits per heavy atom. The monoisotopic (exact) mass is 346 g/mol. The third-order valence-electron chi connectivity index (χ3n) is 3.85. The lowest BCUT2D eigenvalue weighted by Gasteiger charge is -2.15. The summed E-state index contributed by atoms with van der Waals surface area (Å²) in [6.45, 7) is 5.50. The summed E-state index contributed by atoms with van der Waals surface area (Å²) >= 11 is 0. The van der Waals surface area contributed by atoms with E-state index in [2.05, 4.69) is 5.32 Å². The number of amides is 2. The molecule has 1 N–H and O–H groups in total. The standard InChI is InChI=1S/C19H26N2O4/c1-14(2)25-16-8-6-15(12-17(16)24-3)7-9-18(22)20-13-19(23)21-10-4-5-11-21/h6-9,12,14H,4-5,10-11,13H2,1-3H3,(H,20,22)/b9-7+. The van der Waals surface area contributed by atoms with Crippen molar-refractivity contribution in [3.63, 3.8) is 0 Å². The number of rotatable bonds is 7. The number of carbonyl (C=O) groups is 2. The zero-order valence-electron chi connectivity index (χ0n) is 15.1. The highest BCUT2D eigenvalue weighted by Crippen LogP contribution is 2.29. The first-order valence-corrected chi connectivity index (χ1v) is 8.58. The van der Waals surface area contributed by atoms with Gasteiger partial charge in [-0.25, -0.2) is 0 Å². The molecule has 2 amide bonds. The van der Waals surface area contributed by atoms with Crippen LogP contribution in [0.25, 0.3) is 6.08 Å². The van der Waals surface area contributed by atoms with Gasteiger partial charge in [0, 0.05) is 19.2 Å². The van der Waals surface area contributed by atoms with Crippen LogP contribution in [-0.4, -0.2) is 49.6 Å². The number of nitrogens with zero attached hydrogens (tertiary/aromatic N) is 1. The van der Waals surface area contributed by atoms with Crippen molar-refractivity contribution in [3.8, 4) is 11.5 Å². The van der Waals surface area contributed by atoms with E-state index in [9.17, 15) is 9.59 Å². The predicted molar refractivity (Wildman–Crippen MR) is 96.6 cm³/mol. The second-order valence-corrected chi connectivity index (χ2v) is 6.22. The summed E-state index contributed by atoms with van der Waals surface area (Å²) in [6, 6.07) is 5.46. The Morgan fingerprint density at radius 2 is 1.96 bits per heavy atom. The van der Waals surface area contributed by atoms with Gasteiger partial charge in [-0.2, -0.15) is 0 Å². The normalized spacial score (nSPS) is 14.2. The van der Waals surface area contributed by atoms with E-state index in [0.29, 0.717) is 11.5 Å². The van der Waals surface area contributed by atoms with E-state index in [4.69, 9.17) is 9.47 Å². The molecule has 0 radical (unpaired) electrons. The molecule has 1 heterocycles. The summed E-state index contributed by atoms with van der Waals surface area (Å²) in [5.74, 6) is 0.945. The van der Waals surface area contributed by atoms with E-state index in [0.717, 1.165) is 31.5 Å². The lowest BCUT2D eigenvalue weighted by Crippen LogP contribution is -2.38. The Labute approximate surface area is 148 Å². The molecule has 1 aliphatic heterocycles. The Bertz CT molecular complexity index is 634. The number of nitrogens with one attached hydrogen (secondary N) is 1. The quantitative estimate of drug-likeness (QED) is 0.769. The van der Waals surface area contributed by atoms with Crippen molar-refractivity contribution in [2.45, 2.75) is 32.8 Å². The SMILES string of the molecule is COc1cc(/C=C/C(=O)NCC(=O)N2CCCC2)ccc1OC(C)C. The van der Waals surface area contributed by atoms with Gasteiger partial charge < -0.3 is 19.7 Å². The fourth-order valence-electron chi connectivity index (χ4n) is 2.61. The maximum atomic E-state index is 11.9. The minimum atomic E-state index is -0.297. The van der Waals surface area contributed by atoms with Gasteiger partial charge in [0.15, 0.2) is 11.5 Å². The van der Waals surface area contributed by atoms with E-state index in [-0.39, 0.29) is 24.5 Å². The fourth-order valence-corrected chi connectivity index (χ4v) is 2.61. The average Bonchev–Trinajstić information content (AvgIpc) is 3.13. The number of carbonyl (C=O) groups excluding carboxylic acids is 2. The van der Waals surface area contributed by atoms with Crippen LogP contribution in [0.3, 0.4) is 0 Å². The highest BCUT2D eigenvalue weighted by atomic mass is 16.5. The third kappa shape index (κ3) is 5.81. The van der Waals surface area contributed by atoms with Crippen LogP contribution in [0.1, 0.15) is 32.3 Å². The molecule has 0 aromatic heterocycles. The topological polar surface area (TPSA) is 67.9 Å².